The van der Waals surface area contributed by atoms with E-state index in [1.54, 1.807) is 17.7 Å². The van der Waals surface area contributed by atoms with Crippen LogP contribution in [-0.4, -0.2) is 38.3 Å². The molecule has 0 radical (unpaired) electrons. The minimum absolute atomic E-state index is 0.0281. The second-order valence-electron chi connectivity index (χ2n) is 5.94. The Morgan fingerprint density at radius 1 is 1.15 bits per heavy atom. The zero-order valence-corrected chi connectivity index (χ0v) is 14.0. The van der Waals surface area contributed by atoms with Gasteiger partial charge in [-0.1, -0.05) is 0 Å². The van der Waals surface area contributed by atoms with Gasteiger partial charge in [0.2, 0.25) is 0 Å². The van der Waals surface area contributed by atoms with Crippen molar-refractivity contribution in [3.63, 3.8) is 0 Å². The number of methoxy groups -OCH3 is 1. The molecule has 0 saturated carbocycles. The topological polar surface area (TPSA) is 110 Å². The van der Waals surface area contributed by atoms with E-state index >= 15 is 0 Å². The van der Waals surface area contributed by atoms with Crippen molar-refractivity contribution in [2.75, 3.05) is 13.7 Å². The molecule has 2 aliphatic rings. The largest absolute Gasteiger partial charge is 0.497 e. The van der Waals surface area contributed by atoms with Crippen LogP contribution < -0.4 is 16.0 Å². The maximum absolute atomic E-state index is 12.2. The zero-order chi connectivity index (χ0) is 18.3. The number of rotatable bonds is 4. The van der Waals surface area contributed by atoms with E-state index in [9.17, 15) is 14.7 Å². The molecule has 0 atom stereocenters. The number of pyridine rings is 2. The number of hydrogen-bond donors (Lipinski definition) is 2. The average Bonchev–Trinajstić information content (AvgIpc) is 2.64. The number of aliphatic hydroxyl groups excluding tert-OH is 1. The molecule has 0 fully saturated rings. The van der Waals surface area contributed by atoms with Crippen LogP contribution in [0.4, 0.5) is 0 Å². The summed E-state index contributed by atoms with van der Waals surface area (Å²) < 4.78 is 6.96. The van der Waals surface area contributed by atoms with Crippen LogP contribution in [0.15, 0.2) is 39.9 Å². The summed E-state index contributed by atoms with van der Waals surface area (Å²) in [5, 5.41) is 10.9. The number of ether oxygens (including phenoxy) is 1. The molecule has 8 heteroatoms. The third-order valence-electron chi connectivity index (χ3n) is 4.30. The van der Waals surface area contributed by atoms with Crippen LogP contribution in [-0.2, 0) is 6.54 Å². The van der Waals surface area contributed by atoms with E-state index in [0.717, 1.165) is 16.3 Å². The fourth-order valence-electron chi connectivity index (χ4n) is 3.09. The van der Waals surface area contributed by atoms with Gasteiger partial charge in [-0.15, -0.1) is 0 Å². The maximum Gasteiger partial charge on any atom is 0.349 e. The third-order valence-corrected chi connectivity index (χ3v) is 4.30. The molecular weight excluding hydrogens is 336 g/mol. The summed E-state index contributed by atoms with van der Waals surface area (Å²) in [6.07, 6.45) is 0.444. The van der Waals surface area contributed by atoms with Gasteiger partial charge in [-0.25, -0.2) is 9.78 Å². The Hall–Kier alpha value is -3.26. The number of nitrogens with one attached hydrogen (secondary N) is 1. The summed E-state index contributed by atoms with van der Waals surface area (Å²) in [5.41, 5.74) is 0.423. The third kappa shape index (κ3) is 2.60. The lowest BCUT2D eigenvalue weighted by Crippen LogP contribution is -2.28. The molecule has 0 amide bonds. The highest BCUT2D eigenvalue weighted by atomic mass is 16.5. The Morgan fingerprint density at radius 2 is 2.00 bits per heavy atom. The number of nitrogens with zero attached hydrogens (tertiary/aromatic N) is 3. The lowest BCUT2D eigenvalue weighted by atomic mass is 10.1. The quantitative estimate of drug-likeness (QED) is 0.533. The predicted molar refractivity (Wildman–Crippen MR) is 96.8 cm³/mol. The number of fused-ring (bicyclic) bond motifs is 3. The number of benzene rings is 1. The molecule has 132 valence electrons. The lowest BCUT2D eigenvalue weighted by Gasteiger charge is -2.17. The molecule has 3 heterocycles. The van der Waals surface area contributed by atoms with Gasteiger partial charge in [-0.3, -0.25) is 9.78 Å². The molecule has 2 aromatic rings. The Kier molecular flexibility index (Phi) is 3.89. The van der Waals surface area contributed by atoms with E-state index in [4.69, 9.17) is 9.72 Å². The predicted octanol–water partition coefficient (Wildman–Crippen LogP) is 1.13. The van der Waals surface area contributed by atoms with E-state index < -0.39 is 11.2 Å². The minimum Gasteiger partial charge on any atom is -0.497 e. The Balaban J connectivity index is 2.13. The maximum atomic E-state index is 12.2. The van der Waals surface area contributed by atoms with Crippen molar-refractivity contribution < 1.29 is 9.84 Å². The Labute approximate surface area is 147 Å². The SMILES string of the molecule is COc1ccc2cc3cc4c(=O)[nH]c(=O)nc-4n(CCCO)c3nc2c1. The fourth-order valence-corrected chi connectivity index (χ4v) is 3.09. The normalized spacial score (nSPS) is 11.5. The summed E-state index contributed by atoms with van der Waals surface area (Å²) in [5.74, 6) is 0.943. The van der Waals surface area contributed by atoms with Gasteiger partial charge in [0.15, 0.2) is 5.82 Å². The smallest absolute Gasteiger partial charge is 0.349 e. The molecule has 0 spiro atoms. The van der Waals surface area contributed by atoms with Gasteiger partial charge >= 0.3 is 5.69 Å². The second-order valence-corrected chi connectivity index (χ2v) is 5.94. The van der Waals surface area contributed by atoms with E-state index in [1.807, 2.05) is 24.3 Å². The molecule has 26 heavy (non-hydrogen) atoms. The van der Waals surface area contributed by atoms with Gasteiger partial charge in [-0.2, -0.15) is 4.98 Å². The van der Waals surface area contributed by atoms with Gasteiger partial charge in [0.05, 0.1) is 18.2 Å². The van der Waals surface area contributed by atoms with E-state index in [-0.39, 0.29) is 12.4 Å². The van der Waals surface area contributed by atoms with Crippen LogP contribution in [0.3, 0.4) is 0 Å². The van der Waals surface area contributed by atoms with Crippen molar-refractivity contribution in [1.29, 1.82) is 0 Å². The van der Waals surface area contributed by atoms with E-state index in [1.165, 1.54) is 0 Å². The molecule has 1 aromatic carbocycles. The van der Waals surface area contributed by atoms with Gasteiger partial charge in [0, 0.05) is 30.0 Å². The van der Waals surface area contributed by atoms with Gasteiger partial charge in [-0.05, 0) is 30.7 Å². The molecule has 0 saturated heterocycles. The average molecular weight is 352 g/mol. The molecular formula is C18H16N4O4. The van der Waals surface area contributed by atoms with Crippen LogP contribution in [0.25, 0.3) is 33.3 Å². The molecule has 0 bridgehead atoms. The second kappa shape index (κ2) is 6.23. The summed E-state index contributed by atoms with van der Waals surface area (Å²) in [4.78, 5) is 34.8. The van der Waals surface area contributed by atoms with Crippen LogP contribution in [0.2, 0.25) is 0 Å². The number of aromatic nitrogens is 4. The molecule has 0 aliphatic carbocycles. The van der Waals surface area contributed by atoms with Crippen molar-refractivity contribution in [1.82, 2.24) is 19.5 Å². The molecule has 2 aliphatic heterocycles. The fraction of sp³-hybridized carbons (Fsp3) is 0.222. The summed E-state index contributed by atoms with van der Waals surface area (Å²) >= 11 is 0. The highest BCUT2D eigenvalue weighted by Crippen LogP contribution is 2.27. The van der Waals surface area contributed by atoms with E-state index in [0.29, 0.717) is 29.9 Å². The number of aromatic amines is 1. The van der Waals surface area contributed by atoms with Crippen LogP contribution in [0.5, 0.6) is 5.75 Å². The van der Waals surface area contributed by atoms with Crippen molar-refractivity contribution >= 4 is 21.9 Å². The molecule has 0 unspecified atom stereocenters. The summed E-state index contributed by atoms with van der Waals surface area (Å²) in [6.45, 7) is 0.350. The monoisotopic (exact) mass is 352 g/mol. The van der Waals surface area contributed by atoms with Gasteiger partial charge < -0.3 is 14.4 Å². The van der Waals surface area contributed by atoms with Crippen molar-refractivity contribution in [2.24, 2.45) is 0 Å². The van der Waals surface area contributed by atoms with Crippen LogP contribution in [0, 0.1) is 0 Å². The first-order valence-electron chi connectivity index (χ1n) is 8.14. The van der Waals surface area contributed by atoms with Crippen LogP contribution in [0.1, 0.15) is 6.42 Å². The Bertz CT molecular complexity index is 1210. The first-order chi connectivity index (χ1) is 12.6. The molecule has 8 nitrogen and oxygen atoms in total. The lowest BCUT2D eigenvalue weighted by molar-refractivity contribution is 0.280. The first-order valence-corrected chi connectivity index (χ1v) is 8.14. The number of hydrogen-bond acceptors (Lipinski definition) is 6. The van der Waals surface area contributed by atoms with E-state index in [2.05, 4.69) is 9.97 Å². The Morgan fingerprint density at radius 3 is 2.77 bits per heavy atom. The summed E-state index contributed by atoms with van der Waals surface area (Å²) in [7, 11) is 1.59. The summed E-state index contributed by atoms with van der Waals surface area (Å²) in [6, 6.07) is 9.17. The highest BCUT2D eigenvalue weighted by molar-refractivity contribution is 5.94. The molecule has 1 aromatic heterocycles. The number of H-pyrrole nitrogens is 1. The van der Waals surface area contributed by atoms with Crippen molar-refractivity contribution in [3.05, 3.63) is 51.2 Å². The van der Waals surface area contributed by atoms with Gasteiger partial charge in [0.1, 0.15) is 11.4 Å². The molecule has 2 N–H and O–H groups in total. The number of aryl methyl sites for hydroxylation is 1. The number of aliphatic hydroxyl groups is 1. The van der Waals surface area contributed by atoms with Crippen LogP contribution >= 0.6 is 0 Å². The minimum atomic E-state index is -0.706. The first kappa shape index (κ1) is 16.2. The zero-order valence-electron chi connectivity index (χ0n) is 14.0. The highest BCUT2D eigenvalue weighted by Gasteiger charge is 2.18. The van der Waals surface area contributed by atoms with Crippen molar-refractivity contribution in [3.8, 4) is 17.1 Å². The standard InChI is InChI=1S/C18H16N4O4/c1-26-12-4-3-10-7-11-8-13-16(20-18(25)21-17(13)24)22(5-2-6-23)15(11)19-14(10)9-12/h3-4,7-9,23H,2,5-6H2,1H3,(H,21,24,25). The van der Waals surface area contributed by atoms with Gasteiger partial charge in [0.25, 0.3) is 5.56 Å². The molecule has 4 rings (SSSR count). The van der Waals surface area contributed by atoms with Crippen molar-refractivity contribution in [2.45, 2.75) is 13.0 Å².